The molecule has 2 aromatic carbocycles. The third kappa shape index (κ3) is 12.6. The van der Waals surface area contributed by atoms with Crippen molar-refractivity contribution in [2.75, 3.05) is 13.2 Å². The fraction of sp³-hybridized carbons (Fsp3) is 0.342. The molecule has 21 nitrogen and oxygen atoms in total. The molecule has 5 rings (SSSR count). The van der Waals surface area contributed by atoms with Gasteiger partial charge in [-0.15, -0.1) is 0 Å². The number of benzene rings is 2. The number of hydrazine groups is 1. The Hall–Kier alpha value is -7.34. The number of aliphatic hydroxyl groups is 1. The lowest BCUT2D eigenvalue weighted by molar-refractivity contribution is -0.189. The average molecular weight is 870 g/mol. The smallest absolute Gasteiger partial charge is 0.420 e. The SMILES string of the molecule is NNC(=O)CNC(=O)[C@H](Cc1ccc(OC(=O)C(F)(F)F)cc1)NC(=O)[C@H](CO)NC(=O)[C@H](Cc1c[nH]c2ccccc12)NC(=O)[C@H](Cc1c[nH]cn1)NC(=O)[C@@H]1CCC(=O)N1. The Morgan fingerprint density at radius 1 is 0.839 bits per heavy atom. The van der Waals surface area contributed by atoms with Gasteiger partial charge in [0.25, 0.3) is 5.91 Å². The molecule has 1 aliphatic rings. The maximum Gasteiger partial charge on any atom is 0.491 e. The third-order valence-corrected chi connectivity index (χ3v) is 9.48. The van der Waals surface area contributed by atoms with Crippen molar-refractivity contribution in [2.45, 2.75) is 68.5 Å². The van der Waals surface area contributed by atoms with Crippen LogP contribution in [0, 0.1) is 0 Å². The molecule has 7 amide bonds. The predicted octanol–water partition coefficient (Wildman–Crippen LogP) is -2.30. The molecule has 1 fully saturated rings. The van der Waals surface area contributed by atoms with Gasteiger partial charge in [0.05, 0.1) is 25.2 Å². The van der Waals surface area contributed by atoms with Crippen LogP contribution < -0.4 is 47.9 Å². The quantitative estimate of drug-likeness (QED) is 0.0156. The van der Waals surface area contributed by atoms with Gasteiger partial charge >= 0.3 is 12.1 Å². The van der Waals surface area contributed by atoms with Crippen LogP contribution in [-0.4, -0.2) is 117 Å². The lowest BCUT2D eigenvalue weighted by Crippen LogP contribution is -2.60. The van der Waals surface area contributed by atoms with Gasteiger partial charge in [-0.3, -0.25) is 39.0 Å². The molecular formula is C38H42F3N11O10. The second-order valence-electron chi connectivity index (χ2n) is 13.9. The summed E-state index contributed by atoms with van der Waals surface area (Å²) in [5, 5.41) is 25.8. The fourth-order valence-electron chi connectivity index (χ4n) is 6.29. The summed E-state index contributed by atoms with van der Waals surface area (Å²) in [5.74, 6) is -3.55. The zero-order valence-electron chi connectivity index (χ0n) is 32.5. The maximum absolute atomic E-state index is 14.1. The van der Waals surface area contributed by atoms with Gasteiger partial charge in [-0.05, 0) is 35.7 Å². The summed E-state index contributed by atoms with van der Waals surface area (Å²) in [4.78, 5) is 113. The summed E-state index contributed by atoms with van der Waals surface area (Å²) >= 11 is 0. The number of aromatic nitrogens is 3. The predicted molar refractivity (Wildman–Crippen MR) is 207 cm³/mol. The van der Waals surface area contributed by atoms with E-state index in [1.807, 2.05) is 0 Å². The number of fused-ring (bicyclic) bond motifs is 1. The second-order valence-corrected chi connectivity index (χ2v) is 13.9. The highest BCUT2D eigenvalue weighted by Gasteiger charge is 2.41. The molecule has 0 spiro atoms. The zero-order chi connectivity index (χ0) is 45.0. The van der Waals surface area contributed by atoms with Crippen LogP contribution in [-0.2, 0) is 57.6 Å². The standard InChI is InChI=1S/C38H42F3N11O10/c39-38(40,41)37(61)62-22-7-5-19(6-8-22)11-26(32(56)45-16-31(55)52-42)48-36(60)29(17-53)51-34(58)27(12-20-14-44-24-4-2-1-3-23(20)24)49-35(59)28(13-21-15-43-18-46-21)50-33(57)25-9-10-30(54)47-25/h1-8,14-15,18,25-29,44,53H,9-13,16-17,42H2,(H,43,46)(H,45,56)(H,47,54)(H,48,60)(H,49,59)(H,50,57)(H,51,58)(H,52,55)/t25-,26-,27-,28-,29-/m0/s1. The number of aromatic amines is 2. The number of ether oxygens (including phenoxy) is 1. The van der Waals surface area contributed by atoms with Crippen LogP contribution >= 0.6 is 0 Å². The van der Waals surface area contributed by atoms with E-state index in [4.69, 9.17) is 5.84 Å². The molecule has 1 aliphatic heterocycles. The molecule has 3 heterocycles. The lowest BCUT2D eigenvalue weighted by Gasteiger charge is -2.26. The van der Waals surface area contributed by atoms with Crippen molar-refractivity contribution in [3.8, 4) is 5.75 Å². The van der Waals surface area contributed by atoms with Crippen LogP contribution in [0.5, 0.6) is 5.75 Å². The van der Waals surface area contributed by atoms with Crippen LogP contribution in [0.4, 0.5) is 13.2 Å². The number of hydrogen-bond acceptors (Lipinski definition) is 12. The fourth-order valence-corrected chi connectivity index (χ4v) is 6.29. The van der Waals surface area contributed by atoms with Crippen LogP contribution in [0.3, 0.4) is 0 Å². The normalized spacial score (nSPS) is 15.6. The summed E-state index contributed by atoms with van der Waals surface area (Å²) in [7, 11) is 0. The number of halogens is 3. The number of nitrogens with one attached hydrogen (secondary N) is 9. The maximum atomic E-state index is 14.1. The number of para-hydroxylation sites is 1. The molecule has 1 saturated heterocycles. The number of carbonyl (C=O) groups excluding carboxylic acids is 8. The molecule has 62 heavy (non-hydrogen) atoms. The van der Waals surface area contributed by atoms with E-state index in [1.54, 1.807) is 35.9 Å². The molecule has 0 aliphatic carbocycles. The monoisotopic (exact) mass is 869 g/mol. The first kappa shape index (κ1) is 45.7. The minimum atomic E-state index is -5.26. The highest BCUT2D eigenvalue weighted by Crippen LogP contribution is 2.22. The van der Waals surface area contributed by atoms with Crippen molar-refractivity contribution in [1.29, 1.82) is 0 Å². The van der Waals surface area contributed by atoms with Crippen molar-refractivity contribution in [3.63, 3.8) is 0 Å². The summed E-state index contributed by atoms with van der Waals surface area (Å²) in [5.41, 5.74) is 3.66. The van der Waals surface area contributed by atoms with Crippen molar-refractivity contribution in [3.05, 3.63) is 84.1 Å². The molecule has 5 atom stereocenters. The van der Waals surface area contributed by atoms with E-state index >= 15 is 0 Å². The van der Waals surface area contributed by atoms with Crippen molar-refractivity contribution in [2.24, 2.45) is 5.84 Å². The van der Waals surface area contributed by atoms with E-state index in [1.165, 1.54) is 24.7 Å². The number of carbonyl (C=O) groups is 8. The first-order chi connectivity index (χ1) is 29.5. The summed E-state index contributed by atoms with van der Waals surface area (Å²) in [6, 6.07) is 4.51. The van der Waals surface area contributed by atoms with Crippen LogP contribution in [0.15, 0.2) is 67.3 Å². The molecule has 2 aromatic heterocycles. The summed E-state index contributed by atoms with van der Waals surface area (Å²) < 4.78 is 42.3. The Balaban J connectivity index is 1.35. The van der Waals surface area contributed by atoms with Crippen molar-refractivity contribution in [1.82, 2.24) is 52.3 Å². The van der Waals surface area contributed by atoms with Crippen molar-refractivity contribution < 1.29 is 61.4 Å². The third-order valence-electron chi connectivity index (χ3n) is 9.48. The first-order valence-electron chi connectivity index (χ1n) is 18.8. The molecule has 24 heteroatoms. The highest BCUT2D eigenvalue weighted by molar-refractivity contribution is 5.98. The molecule has 0 bridgehead atoms. The van der Waals surface area contributed by atoms with Crippen LogP contribution in [0.1, 0.15) is 29.7 Å². The van der Waals surface area contributed by atoms with Gasteiger partial charge in [0.1, 0.15) is 36.0 Å². The van der Waals surface area contributed by atoms with Gasteiger partial charge in [-0.2, -0.15) is 13.2 Å². The van der Waals surface area contributed by atoms with Gasteiger partial charge in [-0.25, -0.2) is 15.6 Å². The topological polar surface area (TPSA) is 321 Å². The first-order valence-corrected chi connectivity index (χ1v) is 18.8. The number of H-pyrrole nitrogens is 2. The second kappa shape index (κ2) is 20.8. The van der Waals surface area contributed by atoms with E-state index < -0.39 is 96.7 Å². The zero-order valence-corrected chi connectivity index (χ0v) is 32.5. The molecular weight excluding hydrogens is 827 g/mol. The number of esters is 1. The summed E-state index contributed by atoms with van der Waals surface area (Å²) in [6.45, 7) is -1.67. The summed E-state index contributed by atoms with van der Waals surface area (Å²) in [6.07, 6.45) is -1.18. The number of imidazole rings is 1. The van der Waals surface area contributed by atoms with Crippen molar-refractivity contribution >= 4 is 58.2 Å². The Bertz CT molecular complexity index is 2270. The number of hydrogen-bond donors (Lipinski definition) is 11. The molecule has 12 N–H and O–H groups in total. The minimum absolute atomic E-state index is 0.109. The molecule has 0 radical (unpaired) electrons. The number of nitrogens with two attached hydrogens (primary N) is 1. The Morgan fingerprint density at radius 3 is 2.10 bits per heavy atom. The molecule has 330 valence electrons. The van der Waals surface area contributed by atoms with Gasteiger partial charge in [0, 0.05) is 49.0 Å². The molecule has 0 saturated carbocycles. The molecule has 0 unspecified atom stereocenters. The van der Waals surface area contributed by atoms with E-state index in [0.717, 1.165) is 12.1 Å². The lowest BCUT2D eigenvalue weighted by atomic mass is 10.0. The van der Waals surface area contributed by atoms with Gasteiger partial charge in [0.15, 0.2) is 0 Å². The number of alkyl halides is 3. The Kier molecular flexibility index (Phi) is 15.3. The number of aliphatic hydroxyl groups excluding tert-OH is 1. The van der Waals surface area contributed by atoms with E-state index in [-0.39, 0.29) is 43.6 Å². The minimum Gasteiger partial charge on any atom is -0.420 e. The van der Waals surface area contributed by atoms with Gasteiger partial charge < -0.3 is 51.7 Å². The van der Waals surface area contributed by atoms with Crippen LogP contribution in [0.2, 0.25) is 0 Å². The number of rotatable bonds is 19. The number of nitrogens with zero attached hydrogens (tertiary/aromatic N) is 1. The van der Waals surface area contributed by atoms with Gasteiger partial charge in [0.2, 0.25) is 35.4 Å². The molecule has 4 aromatic rings. The largest absolute Gasteiger partial charge is 0.491 e. The van der Waals surface area contributed by atoms with E-state index in [2.05, 4.69) is 51.6 Å². The van der Waals surface area contributed by atoms with E-state index in [0.29, 0.717) is 22.2 Å². The Labute approximate surface area is 348 Å². The average Bonchev–Trinajstić information content (AvgIpc) is 4.03. The van der Waals surface area contributed by atoms with Crippen LogP contribution in [0.25, 0.3) is 10.9 Å². The Morgan fingerprint density at radius 2 is 1.48 bits per heavy atom. The van der Waals surface area contributed by atoms with Gasteiger partial charge in [-0.1, -0.05) is 30.3 Å². The van der Waals surface area contributed by atoms with E-state index in [9.17, 15) is 56.6 Å². The highest BCUT2D eigenvalue weighted by atomic mass is 19.4. The number of amides is 7.